The average Bonchev–Trinajstić information content (AvgIpc) is 3.16. The van der Waals surface area contributed by atoms with Crippen LogP contribution in [0.15, 0.2) is 70.5 Å². The SMILES string of the molecule is C=C(C)C(=O)OC1(C2CCSC2)c2ccccc2Sc2ccccc21. The minimum absolute atomic E-state index is 0.268. The van der Waals surface area contributed by atoms with Gasteiger partial charge in [0.1, 0.15) is 0 Å². The van der Waals surface area contributed by atoms with Crippen LogP contribution in [0.1, 0.15) is 24.5 Å². The Balaban J connectivity index is 1.98. The monoisotopic (exact) mass is 368 g/mol. The summed E-state index contributed by atoms with van der Waals surface area (Å²) in [6, 6.07) is 16.7. The molecule has 1 saturated heterocycles. The Bertz CT molecular complexity index is 792. The van der Waals surface area contributed by atoms with Crippen LogP contribution < -0.4 is 0 Å². The van der Waals surface area contributed by atoms with Gasteiger partial charge in [-0.15, -0.1) is 0 Å². The Morgan fingerprint density at radius 3 is 2.24 bits per heavy atom. The van der Waals surface area contributed by atoms with E-state index in [0.717, 1.165) is 29.1 Å². The van der Waals surface area contributed by atoms with Crippen LogP contribution in [-0.4, -0.2) is 17.5 Å². The second-order valence-electron chi connectivity index (χ2n) is 6.56. The Kier molecular flexibility index (Phi) is 4.42. The van der Waals surface area contributed by atoms with Gasteiger partial charge in [0.05, 0.1) is 0 Å². The zero-order chi connectivity index (χ0) is 17.4. The van der Waals surface area contributed by atoms with Crippen LogP contribution in [0.5, 0.6) is 0 Å². The van der Waals surface area contributed by atoms with Gasteiger partial charge < -0.3 is 4.74 Å². The van der Waals surface area contributed by atoms with E-state index in [1.54, 1.807) is 18.7 Å². The zero-order valence-electron chi connectivity index (χ0n) is 14.2. The maximum Gasteiger partial charge on any atom is 0.334 e. The molecule has 0 saturated carbocycles. The van der Waals surface area contributed by atoms with E-state index in [4.69, 9.17) is 4.74 Å². The van der Waals surface area contributed by atoms with E-state index in [9.17, 15) is 4.79 Å². The number of rotatable bonds is 3. The summed E-state index contributed by atoms with van der Waals surface area (Å²) in [7, 11) is 0. The highest BCUT2D eigenvalue weighted by atomic mass is 32.2. The molecule has 4 heteroatoms. The molecule has 0 spiro atoms. The lowest BCUT2D eigenvalue weighted by atomic mass is 9.75. The molecule has 25 heavy (non-hydrogen) atoms. The summed E-state index contributed by atoms with van der Waals surface area (Å²) in [5.41, 5.74) is 1.94. The van der Waals surface area contributed by atoms with Gasteiger partial charge in [-0.3, -0.25) is 0 Å². The maximum absolute atomic E-state index is 12.7. The zero-order valence-corrected chi connectivity index (χ0v) is 15.8. The molecule has 2 aliphatic rings. The first-order valence-electron chi connectivity index (χ1n) is 8.46. The topological polar surface area (TPSA) is 26.3 Å². The van der Waals surface area contributed by atoms with Crippen molar-refractivity contribution in [2.75, 3.05) is 11.5 Å². The Labute approximate surface area is 157 Å². The van der Waals surface area contributed by atoms with E-state index in [1.165, 1.54) is 9.79 Å². The first-order chi connectivity index (χ1) is 12.1. The van der Waals surface area contributed by atoms with Crippen molar-refractivity contribution < 1.29 is 9.53 Å². The second kappa shape index (κ2) is 6.58. The molecule has 2 aromatic carbocycles. The number of carbonyl (C=O) groups is 1. The summed E-state index contributed by atoms with van der Waals surface area (Å²) in [6.07, 6.45) is 1.04. The first-order valence-corrected chi connectivity index (χ1v) is 10.4. The number of hydrogen-bond acceptors (Lipinski definition) is 4. The van der Waals surface area contributed by atoms with Crippen molar-refractivity contribution in [2.45, 2.75) is 28.7 Å². The third-order valence-electron chi connectivity index (χ3n) is 4.90. The lowest BCUT2D eigenvalue weighted by Gasteiger charge is -2.43. The highest BCUT2D eigenvalue weighted by molar-refractivity contribution is 7.99. The van der Waals surface area contributed by atoms with Crippen molar-refractivity contribution >= 4 is 29.5 Å². The summed E-state index contributed by atoms with van der Waals surface area (Å²) >= 11 is 3.70. The molecule has 4 rings (SSSR count). The lowest BCUT2D eigenvalue weighted by molar-refractivity contribution is -0.157. The molecule has 0 bridgehead atoms. The third-order valence-corrected chi connectivity index (χ3v) is 7.22. The standard InChI is InChI=1S/C21H20O2S2/c1-14(2)20(22)23-21(15-11-12-24-13-15)16-7-3-5-9-18(16)25-19-10-6-4-8-17(19)21/h3-10,15H,1,11-13H2,2H3. The highest BCUT2D eigenvalue weighted by Crippen LogP contribution is 2.56. The average molecular weight is 369 g/mol. The molecule has 0 aromatic heterocycles. The maximum atomic E-state index is 12.7. The number of esters is 1. The van der Waals surface area contributed by atoms with Crippen LogP contribution in [0.4, 0.5) is 0 Å². The van der Waals surface area contributed by atoms with Crippen LogP contribution in [0.25, 0.3) is 0 Å². The van der Waals surface area contributed by atoms with E-state index >= 15 is 0 Å². The van der Waals surface area contributed by atoms with Gasteiger partial charge in [-0.25, -0.2) is 4.79 Å². The fraction of sp³-hybridized carbons (Fsp3) is 0.286. The smallest absolute Gasteiger partial charge is 0.334 e. The van der Waals surface area contributed by atoms with Crippen LogP contribution in [0, 0.1) is 5.92 Å². The van der Waals surface area contributed by atoms with E-state index in [1.807, 2.05) is 23.9 Å². The molecule has 0 aliphatic carbocycles. The molecular weight excluding hydrogens is 348 g/mol. The van der Waals surface area contributed by atoms with Crippen molar-refractivity contribution in [3.8, 4) is 0 Å². The van der Waals surface area contributed by atoms with Gasteiger partial charge in [0.25, 0.3) is 0 Å². The quantitative estimate of drug-likeness (QED) is 0.545. The second-order valence-corrected chi connectivity index (χ2v) is 8.79. The predicted molar refractivity (Wildman–Crippen MR) is 104 cm³/mol. The number of ether oxygens (including phenoxy) is 1. The summed E-state index contributed by atoms with van der Waals surface area (Å²) in [4.78, 5) is 15.0. The number of fused-ring (bicyclic) bond motifs is 2. The molecule has 2 aromatic rings. The third kappa shape index (κ3) is 2.72. The molecule has 128 valence electrons. The molecule has 2 heterocycles. The van der Waals surface area contributed by atoms with Crippen LogP contribution in [0.2, 0.25) is 0 Å². The van der Waals surface area contributed by atoms with Crippen LogP contribution in [0.3, 0.4) is 0 Å². The number of hydrogen-bond donors (Lipinski definition) is 0. The predicted octanol–water partition coefficient (Wildman–Crippen LogP) is 5.27. The largest absolute Gasteiger partial charge is 0.445 e. The molecule has 1 atom stereocenters. The first kappa shape index (κ1) is 16.8. The fourth-order valence-corrected chi connectivity index (χ4v) is 6.20. The minimum atomic E-state index is -0.724. The number of carbonyl (C=O) groups excluding carboxylic acids is 1. The fourth-order valence-electron chi connectivity index (χ4n) is 3.71. The van der Waals surface area contributed by atoms with Crippen molar-refractivity contribution in [1.82, 2.24) is 0 Å². The Morgan fingerprint density at radius 2 is 1.72 bits per heavy atom. The van der Waals surface area contributed by atoms with Gasteiger partial charge in [-0.05, 0) is 31.2 Å². The van der Waals surface area contributed by atoms with Crippen LogP contribution in [-0.2, 0) is 15.1 Å². The molecule has 2 nitrogen and oxygen atoms in total. The lowest BCUT2D eigenvalue weighted by Crippen LogP contribution is -2.43. The highest BCUT2D eigenvalue weighted by Gasteiger charge is 2.51. The van der Waals surface area contributed by atoms with Crippen molar-refractivity contribution in [3.05, 3.63) is 71.8 Å². The van der Waals surface area contributed by atoms with Crippen molar-refractivity contribution in [1.29, 1.82) is 0 Å². The molecule has 1 fully saturated rings. The van der Waals surface area contributed by atoms with Crippen molar-refractivity contribution in [3.63, 3.8) is 0 Å². The van der Waals surface area contributed by atoms with Gasteiger partial charge in [0.2, 0.25) is 0 Å². The molecule has 2 aliphatic heterocycles. The van der Waals surface area contributed by atoms with Gasteiger partial charge in [-0.1, -0.05) is 54.7 Å². The van der Waals surface area contributed by atoms with Gasteiger partial charge in [0.15, 0.2) is 5.60 Å². The van der Waals surface area contributed by atoms with E-state index in [0.29, 0.717) is 5.57 Å². The summed E-state index contributed by atoms with van der Waals surface area (Å²) in [6.45, 7) is 5.52. The minimum Gasteiger partial charge on any atom is -0.445 e. The van der Waals surface area contributed by atoms with E-state index in [-0.39, 0.29) is 11.9 Å². The summed E-state index contributed by atoms with van der Waals surface area (Å²) in [5, 5.41) is 0. The molecule has 0 N–H and O–H groups in total. The molecule has 1 unspecified atom stereocenters. The van der Waals surface area contributed by atoms with Crippen molar-refractivity contribution in [2.24, 2.45) is 5.92 Å². The van der Waals surface area contributed by atoms with E-state index < -0.39 is 5.60 Å². The normalized spacial score (nSPS) is 20.4. The number of thioether (sulfide) groups is 1. The van der Waals surface area contributed by atoms with Crippen LogP contribution >= 0.6 is 23.5 Å². The van der Waals surface area contributed by atoms with E-state index in [2.05, 4.69) is 43.0 Å². The Morgan fingerprint density at radius 1 is 1.12 bits per heavy atom. The molecular formula is C21H20O2S2. The van der Waals surface area contributed by atoms with Gasteiger partial charge in [0, 0.05) is 38.2 Å². The molecule has 0 amide bonds. The number of benzene rings is 2. The Hall–Kier alpha value is -1.65. The summed E-state index contributed by atoms with van der Waals surface area (Å²) < 4.78 is 6.31. The van der Waals surface area contributed by atoms with Gasteiger partial charge >= 0.3 is 5.97 Å². The van der Waals surface area contributed by atoms with Gasteiger partial charge in [-0.2, -0.15) is 11.8 Å². The molecule has 0 radical (unpaired) electrons. The summed E-state index contributed by atoms with van der Waals surface area (Å²) in [5.74, 6) is 2.06.